The van der Waals surface area contributed by atoms with Gasteiger partial charge in [-0.1, -0.05) is 42.5 Å². The number of carbonyl (C=O) groups is 2. The lowest BCUT2D eigenvalue weighted by atomic mass is 9.96. The van der Waals surface area contributed by atoms with Crippen molar-refractivity contribution >= 4 is 36.1 Å². The van der Waals surface area contributed by atoms with Gasteiger partial charge in [-0.05, 0) is 53.3 Å². The van der Waals surface area contributed by atoms with E-state index in [2.05, 4.69) is 20.8 Å². The highest BCUT2D eigenvalue weighted by Crippen LogP contribution is 2.26. The molecule has 0 fully saturated rings. The van der Waals surface area contributed by atoms with Crippen LogP contribution in [0, 0.1) is 0 Å². The maximum atomic E-state index is 12.9. The molecule has 1 heterocycles. The summed E-state index contributed by atoms with van der Waals surface area (Å²) in [6.07, 6.45) is 10.7. The molecule has 0 aliphatic heterocycles. The number of imidazole rings is 1. The van der Waals surface area contributed by atoms with Crippen LogP contribution in [0.25, 0.3) is 23.3 Å². The van der Waals surface area contributed by atoms with Crippen LogP contribution in [-0.4, -0.2) is 40.2 Å². The lowest BCUT2D eigenvalue weighted by molar-refractivity contribution is -0.109. The predicted octanol–water partition coefficient (Wildman–Crippen LogP) is 3.80. The number of thioether (sulfide) groups is 1. The Kier molecular flexibility index (Phi) is 8.00. The smallest absolute Gasteiger partial charge is 0.266 e. The highest BCUT2D eigenvalue weighted by Gasteiger charge is 2.15. The largest absolute Gasteiger partial charge is 0.345 e. The lowest BCUT2D eigenvalue weighted by Gasteiger charge is -2.15. The van der Waals surface area contributed by atoms with Gasteiger partial charge < -0.3 is 9.78 Å². The van der Waals surface area contributed by atoms with E-state index in [1.165, 1.54) is 0 Å². The van der Waals surface area contributed by atoms with E-state index < -0.39 is 6.04 Å². The molecule has 7 heteroatoms. The number of H-pyrrole nitrogens is 1. The standard InChI is InChI=1S/C23H24N4O2S/c1-30-14-11-19(16-28)26-27-23(29)20-9-7-17(8-10-22-24-12-13-25-22)15-21(20)18-5-3-2-4-6-18/h2-10,12-13,15-16,19,26H,11,14H2,1H3,(H,24,25)(H,27,29)/t19-/m1/s1. The summed E-state index contributed by atoms with van der Waals surface area (Å²) in [5.74, 6) is 1.30. The minimum absolute atomic E-state index is 0.286. The second kappa shape index (κ2) is 11.1. The SMILES string of the molecule is CSCC[C@H](C=O)NNC(=O)c1ccc(C=Cc2ncc[nH]2)cc1-c1ccccc1. The van der Waals surface area contributed by atoms with Crippen molar-refractivity contribution in [3.05, 3.63) is 77.9 Å². The maximum Gasteiger partial charge on any atom is 0.266 e. The lowest BCUT2D eigenvalue weighted by Crippen LogP contribution is -2.45. The molecule has 0 unspecified atom stereocenters. The van der Waals surface area contributed by atoms with Crippen LogP contribution in [-0.2, 0) is 4.79 Å². The monoisotopic (exact) mass is 420 g/mol. The van der Waals surface area contributed by atoms with Crippen molar-refractivity contribution < 1.29 is 9.59 Å². The Morgan fingerprint density at radius 2 is 2.03 bits per heavy atom. The number of rotatable bonds is 10. The molecule has 30 heavy (non-hydrogen) atoms. The van der Waals surface area contributed by atoms with Gasteiger partial charge in [0, 0.05) is 18.0 Å². The molecule has 0 aliphatic rings. The van der Waals surface area contributed by atoms with Gasteiger partial charge in [-0.3, -0.25) is 10.2 Å². The molecule has 1 amide bonds. The Hall–Kier alpha value is -3.16. The minimum atomic E-state index is -0.419. The highest BCUT2D eigenvalue weighted by molar-refractivity contribution is 7.98. The van der Waals surface area contributed by atoms with Gasteiger partial charge in [0.1, 0.15) is 12.1 Å². The number of nitrogens with zero attached hydrogens (tertiary/aromatic N) is 1. The minimum Gasteiger partial charge on any atom is -0.345 e. The van der Waals surface area contributed by atoms with Gasteiger partial charge in [0.25, 0.3) is 5.91 Å². The number of hydrazine groups is 1. The quantitative estimate of drug-likeness (QED) is 0.343. The summed E-state index contributed by atoms with van der Waals surface area (Å²) in [4.78, 5) is 31.3. The molecule has 0 aliphatic carbocycles. The topological polar surface area (TPSA) is 86.9 Å². The molecule has 3 rings (SSSR count). The van der Waals surface area contributed by atoms with Crippen LogP contribution in [0.1, 0.15) is 28.2 Å². The fourth-order valence-electron chi connectivity index (χ4n) is 2.91. The Labute approximate surface area is 180 Å². The van der Waals surface area contributed by atoms with E-state index >= 15 is 0 Å². The zero-order chi connectivity index (χ0) is 21.2. The van der Waals surface area contributed by atoms with Crippen molar-refractivity contribution in [1.82, 2.24) is 20.8 Å². The maximum absolute atomic E-state index is 12.9. The van der Waals surface area contributed by atoms with Crippen molar-refractivity contribution in [2.75, 3.05) is 12.0 Å². The zero-order valence-corrected chi connectivity index (χ0v) is 17.5. The fraction of sp³-hybridized carbons (Fsp3) is 0.174. The van der Waals surface area contributed by atoms with Crippen molar-refractivity contribution in [3.8, 4) is 11.1 Å². The van der Waals surface area contributed by atoms with Crippen LogP contribution < -0.4 is 10.9 Å². The molecule has 6 nitrogen and oxygen atoms in total. The first-order valence-corrected chi connectivity index (χ1v) is 11.0. The summed E-state index contributed by atoms with van der Waals surface area (Å²) < 4.78 is 0. The van der Waals surface area contributed by atoms with Gasteiger partial charge in [-0.25, -0.2) is 10.4 Å². The molecule has 0 saturated carbocycles. The summed E-state index contributed by atoms with van der Waals surface area (Å²) in [6, 6.07) is 15.0. The van der Waals surface area contributed by atoms with E-state index in [1.807, 2.05) is 60.9 Å². The van der Waals surface area contributed by atoms with Gasteiger partial charge in [0.15, 0.2) is 0 Å². The Morgan fingerprint density at radius 3 is 2.73 bits per heavy atom. The third-order valence-electron chi connectivity index (χ3n) is 4.49. The predicted molar refractivity (Wildman–Crippen MR) is 123 cm³/mol. The molecule has 3 aromatic rings. The normalized spacial score (nSPS) is 12.0. The highest BCUT2D eigenvalue weighted by atomic mass is 32.2. The number of nitrogens with one attached hydrogen (secondary N) is 3. The first-order chi connectivity index (χ1) is 14.7. The second-order valence-electron chi connectivity index (χ2n) is 6.60. The number of amides is 1. The number of aromatic nitrogens is 2. The average Bonchev–Trinajstić information content (AvgIpc) is 3.32. The number of hydrogen-bond donors (Lipinski definition) is 3. The number of aromatic amines is 1. The van der Waals surface area contributed by atoms with Crippen LogP contribution in [0.15, 0.2) is 60.9 Å². The summed E-state index contributed by atoms with van der Waals surface area (Å²) in [5, 5.41) is 0. The number of benzene rings is 2. The van der Waals surface area contributed by atoms with Gasteiger partial charge in [-0.15, -0.1) is 0 Å². The third kappa shape index (κ3) is 5.92. The van der Waals surface area contributed by atoms with Crippen molar-refractivity contribution in [2.45, 2.75) is 12.5 Å². The Morgan fingerprint density at radius 1 is 1.20 bits per heavy atom. The van der Waals surface area contributed by atoms with Gasteiger partial charge in [-0.2, -0.15) is 11.8 Å². The average molecular weight is 421 g/mol. The first kappa shape index (κ1) is 21.5. The van der Waals surface area contributed by atoms with Crippen LogP contribution in [0.3, 0.4) is 0 Å². The van der Waals surface area contributed by atoms with Gasteiger partial charge in [0.2, 0.25) is 0 Å². The summed E-state index contributed by atoms with van der Waals surface area (Å²) in [5.41, 5.74) is 8.73. The Balaban J connectivity index is 1.83. The van der Waals surface area contributed by atoms with Crippen LogP contribution in [0.2, 0.25) is 0 Å². The summed E-state index contributed by atoms with van der Waals surface area (Å²) >= 11 is 1.66. The molecular formula is C23H24N4O2S. The summed E-state index contributed by atoms with van der Waals surface area (Å²) in [6.45, 7) is 0. The molecule has 0 bridgehead atoms. The molecule has 2 aromatic carbocycles. The number of carbonyl (C=O) groups excluding carboxylic acids is 2. The van der Waals surface area contributed by atoms with E-state index in [4.69, 9.17) is 0 Å². The van der Waals surface area contributed by atoms with E-state index in [9.17, 15) is 9.59 Å². The van der Waals surface area contributed by atoms with Crippen molar-refractivity contribution in [3.63, 3.8) is 0 Å². The van der Waals surface area contributed by atoms with Crippen molar-refractivity contribution in [2.24, 2.45) is 0 Å². The molecule has 0 radical (unpaired) electrons. The van der Waals surface area contributed by atoms with E-state index in [-0.39, 0.29) is 5.91 Å². The molecule has 1 atom stereocenters. The van der Waals surface area contributed by atoms with Crippen molar-refractivity contribution in [1.29, 1.82) is 0 Å². The van der Waals surface area contributed by atoms with Crippen LogP contribution in [0.4, 0.5) is 0 Å². The van der Waals surface area contributed by atoms with E-state index in [1.54, 1.807) is 30.2 Å². The first-order valence-electron chi connectivity index (χ1n) is 9.58. The Bertz CT molecular complexity index is 988. The molecule has 154 valence electrons. The zero-order valence-electron chi connectivity index (χ0n) is 16.7. The molecule has 0 saturated heterocycles. The third-order valence-corrected chi connectivity index (χ3v) is 5.14. The number of hydrogen-bond acceptors (Lipinski definition) is 5. The molecule has 1 aromatic heterocycles. The van der Waals surface area contributed by atoms with Crippen LogP contribution in [0.5, 0.6) is 0 Å². The van der Waals surface area contributed by atoms with Gasteiger partial charge >= 0.3 is 0 Å². The van der Waals surface area contributed by atoms with Crippen LogP contribution >= 0.6 is 11.8 Å². The summed E-state index contributed by atoms with van der Waals surface area (Å²) in [7, 11) is 0. The van der Waals surface area contributed by atoms with E-state index in [0.717, 1.165) is 34.6 Å². The molecular weight excluding hydrogens is 396 g/mol. The fourth-order valence-corrected chi connectivity index (χ4v) is 3.40. The van der Waals surface area contributed by atoms with Gasteiger partial charge in [0.05, 0.1) is 6.04 Å². The second-order valence-corrected chi connectivity index (χ2v) is 7.59. The molecule has 3 N–H and O–H groups in total. The van der Waals surface area contributed by atoms with E-state index in [0.29, 0.717) is 12.0 Å². The number of aldehydes is 1. The molecule has 0 spiro atoms.